The van der Waals surface area contributed by atoms with Crippen LogP contribution in [0.15, 0.2) is 48.5 Å². The van der Waals surface area contributed by atoms with Crippen LogP contribution in [0.4, 0.5) is 0 Å². The smallest absolute Gasteiger partial charge is 0.335 e. The first-order chi connectivity index (χ1) is 12.1. The van der Waals surface area contributed by atoms with Crippen LogP contribution in [0.5, 0.6) is 5.75 Å². The molecule has 0 aromatic heterocycles. The second kappa shape index (κ2) is 7.68. The van der Waals surface area contributed by atoms with Gasteiger partial charge in [-0.15, -0.1) is 0 Å². The average molecular weight is 341 g/mol. The number of ether oxygens (including phenoxy) is 1. The van der Waals surface area contributed by atoms with Gasteiger partial charge in [-0.05, 0) is 48.4 Å². The SMILES string of the molecule is COc1cccc([C@@H]2CCN(Cc3ccc(C(=O)O)cc3)C[C@H]2O)c1. The molecule has 132 valence electrons. The summed E-state index contributed by atoms with van der Waals surface area (Å²) in [4.78, 5) is 13.1. The summed E-state index contributed by atoms with van der Waals surface area (Å²) in [6.07, 6.45) is 0.445. The van der Waals surface area contributed by atoms with E-state index in [1.165, 1.54) is 0 Å². The van der Waals surface area contributed by atoms with Crippen molar-refractivity contribution in [3.63, 3.8) is 0 Å². The van der Waals surface area contributed by atoms with E-state index in [0.717, 1.165) is 29.8 Å². The van der Waals surface area contributed by atoms with Crippen LogP contribution in [0.3, 0.4) is 0 Å². The van der Waals surface area contributed by atoms with E-state index in [0.29, 0.717) is 18.7 Å². The van der Waals surface area contributed by atoms with E-state index in [2.05, 4.69) is 4.90 Å². The highest BCUT2D eigenvalue weighted by atomic mass is 16.5. The van der Waals surface area contributed by atoms with Crippen molar-refractivity contribution in [3.05, 3.63) is 65.2 Å². The van der Waals surface area contributed by atoms with Crippen molar-refractivity contribution in [2.75, 3.05) is 20.2 Å². The lowest BCUT2D eigenvalue weighted by Crippen LogP contribution is -2.42. The zero-order valence-corrected chi connectivity index (χ0v) is 14.3. The van der Waals surface area contributed by atoms with E-state index in [9.17, 15) is 9.90 Å². The zero-order valence-electron chi connectivity index (χ0n) is 14.3. The van der Waals surface area contributed by atoms with Gasteiger partial charge in [-0.2, -0.15) is 0 Å². The highest BCUT2D eigenvalue weighted by Gasteiger charge is 2.29. The molecule has 25 heavy (non-hydrogen) atoms. The molecule has 1 heterocycles. The molecule has 0 saturated carbocycles. The summed E-state index contributed by atoms with van der Waals surface area (Å²) in [6.45, 7) is 2.20. The van der Waals surface area contributed by atoms with Crippen molar-refractivity contribution >= 4 is 5.97 Å². The Morgan fingerprint density at radius 2 is 2.00 bits per heavy atom. The first-order valence-electron chi connectivity index (χ1n) is 8.43. The molecule has 0 spiro atoms. The highest BCUT2D eigenvalue weighted by molar-refractivity contribution is 5.87. The summed E-state index contributed by atoms with van der Waals surface area (Å²) in [6, 6.07) is 14.8. The number of hydrogen-bond acceptors (Lipinski definition) is 4. The topological polar surface area (TPSA) is 70.0 Å². The van der Waals surface area contributed by atoms with Crippen molar-refractivity contribution in [2.45, 2.75) is 25.0 Å². The number of piperidine rings is 1. The van der Waals surface area contributed by atoms with E-state index in [-0.39, 0.29) is 5.92 Å². The Kier molecular flexibility index (Phi) is 5.36. The number of likely N-dealkylation sites (tertiary alicyclic amines) is 1. The standard InChI is InChI=1S/C20H23NO4/c1-25-17-4-2-3-16(11-17)18-9-10-21(13-19(18)22)12-14-5-7-15(8-6-14)20(23)24/h2-8,11,18-19,22H,9-10,12-13H2,1H3,(H,23,24)/t18-,19+/m0/s1. The summed E-state index contributed by atoms with van der Waals surface area (Å²) in [5.41, 5.74) is 2.45. The molecule has 1 aliphatic rings. The third-order valence-corrected chi connectivity index (χ3v) is 4.80. The largest absolute Gasteiger partial charge is 0.497 e. The molecule has 2 atom stereocenters. The minimum atomic E-state index is -0.916. The number of carbonyl (C=O) groups is 1. The number of aliphatic hydroxyl groups excluding tert-OH is 1. The van der Waals surface area contributed by atoms with Gasteiger partial charge < -0.3 is 14.9 Å². The van der Waals surface area contributed by atoms with Crippen molar-refractivity contribution in [1.82, 2.24) is 4.90 Å². The molecule has 2 N–H and O–H groups in total. The fourth-order valence-corrected chi connectivity index (χ4v) is 3.41. The van der Waals surface area contributed by atoms with E-state index in [4.69, 9.17) is 9.84 Å². The van der Waals surface area contributed by atoms with E-state index in [1.54, 1.807) is 19.2 Å². The molecule has 0 unspecified atom stereocenters. The maximum Gasteiger partial charge on any atom is 0.335 e. The van der Waals surface area contributed by atoms with Gasteiger partial charge >= 0.3 is 5.97 Å². The normalized spacial score (nSPS) is 21.0. The Morgan fingerprint density at radius 3 is 2.64 bits per heavy atom. The monoisotopic (exact) mass is 341 g/mol. The molecule has 1 aliphatic heterocycles. The molecule has 1 saturated heterocycles. The molecule has 0 bridgehead atoms. The van der Waals surface area contributed by atoms with Crippen LogP contribution < -0.4 is 4.74 Å². The number of hydrogen-bond donors (Lipinski definition) is 2. The number of aromatic carboxylic acids is 1. The maximum atomic E-state index is 10.9. The Bertz CT molecular complexity index is 729. The van der Waals surface area contributed by atoms with Gasteiger partial charge in [0.2, 0.25) is 0 Å². The number of β-amino-alcohol motifs (C(OH)–C–C–N with tert-alkyl or cyclic N) is 1. The molecule has 3 rings (SSSR count). The Hall–Kier alpha value is -2.37. The minimum Gasteiger partial charge on any atom is -0.497 e. The lowest BCUT2D eigenvalue weighted by atomic mass is 9.87. The third-order valence-electron chi connectivity index (χ3n) is 4.80. The van der Waals surface area contributed by atoms with Crippen molar-refractivity contribution in [2.24, 2.45) is 0 Å². The van der Waals surface area contributed by atoms with Crippen molar-refractivity contribution < 1.29 is 19.7 Å². The van der Waals surface area contributed by atoms with Crippen LogP contribution in [0.1, 0.15) is 33.8 Å². The second-order valence-electron chi connectivity index (χ2n) is 6.48. The quantitative estimate of drug-likeness (QED) is 0.875. The molecular weight excluding hydrogens is 318 g/mol. The number of methoxy groups -OCH3 is 1. The van der Waals surface area contributed by atoms with Crippen LogP contribution in [0, 0.1) is 0 Å². The number of rotatable bonds is 5. The van der Waals surface area contributed by atoms with E-state index < -0.39 is 12.1 Å². The minimum absolute atomic E-state index is 0.112. The first kappa shape index (κ1) is 17.5. The molecule has 0 aliphatic carbocycles. The van der Waals surface area contributed by atoms with Gasteiger partial charge in [0.15, 0.2) is 0 Å². The lowest BCUT2D eigenvalue weighted by Gasteiger charge is -2.36. The maximum absolute atomic E-state index is 10.9. The number of nitrogens with zero attached hydrogens (tertiary/aromatic N) is 1. The summed E-state index contributed by atoms with van der Waals surface area (Å²) in [7, 11) is 1.65. The first-order valence-corrected chi connectivity index (χ1v) is 8.43. The predicted octanol–water partition coefficient (Wildman–Crippen LogP) is 2.74. The van der Waals surface area contributed by atoms with Crippen LogP contribution >= 0.6 is 0 Å². The summed E-state index contributed by atoms with van der Waals surface area (Å²) in [5.74, 6) is 0.00691. The Morgan fingerprint density at radius 1 is 1.24 bits per heavy atom. The number of aliphatic hydroxyl groups is 1. The van der Waals surface area contributed by atoms with Gasteiger partial charge in [-0.1, -0.05) is 24.3 Å². The number of benzene rings is 2. The molecule has 2 aromatic rings. The van der Waals surface area contributed by atoms with E-state index in [1.807, 2.05) is 36.4 Å². The van der Waals surface area contributed by atoms with Gasteiger partial charge in [0.25, 0.3) is 0 Å². The van der Waals surface area contributed by atoms with Crippen LogP contribution in [-0.4, -0.2) is 47.4 Å². The van der Waals surface area contributed by atoms with Gasteiger partial charge in [0, 0.05) is 19.0 Å². The highest BCUT2D eigenvalue weighted by Crippen LogP contribution is 2.31. The van der Waals surface area contributed by atoms with Crippen LogP contribution in [0.25, 0.3) is 0 Å². The summed E-state index contributed by atoms with van der Waals surface area (Å²) >= 11 is 0. The Balaban J connectivity index is 1.62. The second-order valence-corrected chi connectivity index (χ2v) is 6.48. The van der Waals surface area contributed by atoms with E-state index >= 15 is 0 Å². The van der Waals surface area contributed by atoms with Gasteiger partial charge in [-0.3, -0.25) is 4.90 Å². The molecule has 1 fully saturated rings. The van der Waals surface area contributed by atoms with Crippen LogP contribution in [-0.2, 0) is 6.54 Å². The van der Waals surface area contributed by atoms with Crippen molar-refractivity contribution in [3.8, 4) is 5.75 Å². The van der Waals surface area contributed by atoms with Crippen LogP contribution in [0.2, 0.25) is 0 Å². The summed E-state index contributed by atoms with van der Waals surface area (Å²) in [5, 5.41) is 19.5. The molecule has 2 aromatic carbocycles. The van der Waals surface area contributed by atoms with Gasteiger partial charge in [-0.25, -0.2) is 4.79 Å². The van der Waals surface area contributed by atoms with Crippen molar-refractivity contribution in [1.29, 1.82) is 0 Å². The average Bonchev–Trinajstić information content (AvgIpc) is 2.62. The third kappa shape index (κ3) is 4.18. The molecule has 0 radical (unpaired) electrons. The Labute approximate surface area is 147 Å². The fraction of sp³-hybridized carbons (Fsp3) is 0.350. The molecule has 0 amide bonds. The number of carboxylic acid groups (broad SMARTS) is 1. The van der Waals surface area contributed by atoms with Gasteiger partial charge in [0.05, 0.1) is 18.8 Å². The predicted molar refractivity (Wildman–Crippen MR) is 95.0 cm³/mol. The van der Waals surface area contributed by atoms with Gasteiger partial charge in [0.1, 0.15) is 5.75 Å². The number of carboxylic acids is 1. The summed E-state index contributed by atoms with van der Waals surface area (Å²) < 4.78 is 5.27. The lowest BCUT2D eigenvalue weighted by molar-refractivity contribution is 0.0476. The fourth-order valence-electron chi connectivity index (χ4n) is 3.41. The molecule has 5 nitrogen and oxygen atoms in total. The molecule has 5 heteroatoms. The molecular formula is C20H23NO4. The zero-order chi connectivity index (χ0) is 17.8.